The van der Waals surface area contributed by atoms with Crippen molar-refractivity contribution in [2.24, 2.45) is 0 Å². The summed E-state index contributed by atoms with van der Waals surface area (Å²) in [7, 11) is 0. The average molecular weight is 404 g/mol. The molecule has 144 valence electrons. The van der Waals surface area contributed by atoms with E-state index in [0.717, 1.165) is 15.4 Å². The Labute approximate surface area is 171 Å². The topological polar surface area (TPSA) is 76.7 Å². The number of anilines is 1. The van der Waals surface area contributed by atoms with Crippen LogP contribution in [0, 0.1) is 0 Å². The lowest BCUT2D eigenvalue weighted by atomic mass is 10.1. The van der Waals surface area contributed by atoms with Crippen molar-refractivity contribution in [1.29, 1.82) is 0 Å². The minimum absolute atomic E-state index is 0.176. The normalized spacial score (nSPS) is 13.7. The zero-order valence-electron chi connectivity index (χ0n) is 15.2. The molecule has 3 aromatic carbocycles. The van der Waals surface area contributed by atoms with Gasteiger partial charge >= 0.3 is 0 Å². The van der Waals surface area contributed by atoms with Gasteiger partial charge in [-0.05, 0) is 48.0 Å². The summed E-state index contributed by atoms with van der Waals surface area (Å²) < 4.78 is 10.7. The highest BCUT2D eigenvalue weighted by molar-refractivity contribution is 7.99. The van der Waals surface area contributed by atoms with E-state index in [1.807, 2.05) is 42.5 Å². The van der Waals surface area contributed by atoms with Crippen LogP contribution in [-0.4, -0.2) is 18.6 Å². The predicted octanol–water partition coefficient (Wildman–Crippen LogP) is 4.06. The molecular formula is C22H16N2O4S. The van der Waals surface area contributed by atoms with Gasteiger partial charge < -0.3 is 20.1 Å². The molecular weight excluding hydrogens is 388 g/mol. The van der Waals surface area contributed by atoms with Crippen LogP contribution in [0.1, 0.15) is 26.3 Å². The van der Waals surface area contributed by atoms with Crippen molar-refractivity contribution < 1.29 is 19.1 Å². The molecule has 0 unspecified atom stereocenters. The summed E-state index contributed by atoms with van der Waals surface area (Å²) in [4.78, 5) is 26.9. The van der Waals surface area contributed by atoms with Gasteiger partial charge in [-0.1, -0.05) is 30.0 Å². The summed E-state index contributed by atoms with van der Waals surface area (Å²) in [6.45, 7) is 0.576. The van der Waals surface area contributed by atoms with E-state index in [4.69, 9.17) is 9.47 Å². The molecule has 2 heterocycles. The van der Waals surface area contributed by atoms with Crippen molar-refractivity contribution in [3.63, 3.8) is 0 Å². The maximum absolute atomic E-state index is 12.6. The highest BCUT2D eigenvalue weighted by atomic mass is 32.2. The average Bonchev–Trinajstić information content (AvgIpc) is 3.15. The first-order chi connectivity index (χ1) is 14.2. The van der Waals surface area contributed by atoms with Gasteiger partial charge in [0.05, 0.1) is 11.3 Å². The number of ether oxygens (including phenoxy) is 2. The summed E-state index contributed by atoms with van der Waals surface area (Å²) in [5.41, 5.74) is 2.66. The van der Waals surface area contributed by atoms with Gasteiger partial charge in [0.2, 0.25) is 6.79 Å². The lowest BCUT2D eigenvalue weighted by molar-refractivity contribution is 0.0949. The Morgan fingerprint density at radius 1 is 1.00 bits per heavy atom. The SMILES string of the molecule is O=C(NCc1ccc2c(c1)OCO2)c1ccc2c(c1)NC(=O)c1ccccc1S2. The zero-order chi connectivity index (χ0) is 19.8. The first-order valence-corrected chi connectivity index (χ1v) is 9.88. The molecule has 5 rings (SSSR count). The molecule has 0 fully saturated rings. The van der Waals surface area contributed by atoms with E-state index in [0.29, 0.717) is 34.9 Å². The van der Waals surface area contributed by atoms with Gasteiger partial charge in [-0.15, -0.1) is 0 Å². The lowest BCUT2D eigenvalue weighted by Gasteiger charge is -2.10. The summed E-state index contributed by atoms with van der Waals surface area (Å²) in [6, 6.07) is 18.4. The smallest absolute Gasteiger partial charge is 0.256 e. The second-order valence-electron chi connectivity index (χ2n) is 6.63. The molecule has 0 atom stereocenters. The van der Waals surface area contributed by atoms with Crippen LogP contribution in [0.4, 0.5) is 5.69 Å². The van der Waals surface area contributed by atoms with Crippen molar-refractivity contribution >= 4 is 29.3 Å². The molecule has 7 heteroatoms. The number of benzene rings is 3. The molecule has 6 nitrogen and oxygen atoms in total. The first kappa shape index (κ1) is 17.6. The van der Waals surface area contributed by atoms with Crippen LogP contribution in [0.2, 0.25) is 0 Å². The fourth-order valence-electron chi connectivity index (χ4n) is 3.24. The molecule has 2 aliphatic rings. The second kappa shape index (κ2) is 7.18. The Bertz CT molecular complexity index is 1150. The van der Waals surface area contributed by atoms with Crippen molar-refractivity contribution in [1.82, 2.24) is 5.32 Å². The third kappa shape index (κ3) is 3.40. The molecule has 0 aliphatic carbocycles. The minimum Gasteiger partial charge on any atom is -0.454 e. The number of hydrogen-bond donors (Lipinski definition) is 2. The van der Waals surface area contributed by atoms with Crippen molar-refractivity contribution in [3.8, 4) is 11.5 Å². The second-order valence-corrected chi connectivity index (χ2v) is 7.72. The van der Waals surface area contributed by atoms with Crippen molar-refractivity contribution in [3.05, 3.63) is 77.4 Å². The van der Waals surface area contributed by atoms with E-state index in [1.54, 1.807) is 18.2 Å². The van der Waals surface area contributed by atoms with E-state index < -0.39 is 0 Å². The van der Waals surface area contributed by atoms with Gasteiger partial charge in [0.25, 0.3) is 11.8 Å². The van der Waals surface area contributed by atoms with Gasteiger partial charge in [-0.2, -0.15) is 0 Å². The Balaban J connectivity index is 1.33. The van der Waals surface area contributed by atoms with Crippen LogP contribution in [-0.2, 0) is 6.54 Å². The molecule has 2 amide bonds. The van der Waals surface area contributed by atoms with E-state index >= 15 is 0 Å². The fraction of sp³-hybridized carbons (Fsp3) is 0.0909. The number of carbonyl (C=O) groups excluding carboxylic acids is 2. The number of nitrogens with one attached hydrogen (secondary N) is 2. The molecule has 29 heavy (non-hydrogen) atoms. The molecule has 3 aromatic rings. The quantitative estimate of drug-likeness (QED) is 0.688. The molecule has 0 radical (unpaired) electrons. The maximum Gasteiger partial charge on any atom is 0.256 e. The van der Waals surface area contributed by atoms with Gasteiger partial charge in [-0.25, -0.2) is 0 Å². The number of rotatable bonds is 3. The summed E-state index contributed by atoms with van der Waals surface area (Å²) in [6.07, 6.45) is 0. The number of fused-ring (bicyclic) bond motifs is 3. The Morgan fingerprint density at radius 2 is 1.86 bits per heavy atom. The molecule has 0 saturated carbocycles. The number of amides is 2. The predicted molar refractivity (Wildman–Crippen MR) is 109 cm³/mol. The van der Waals surface area contributed by atoms with Crippen LogP contribution in [0.5, 0.6) is 11.5 Å². The summed E-state index contributed by atoms with van der Waals surface area (Å²) in [5.74, 6) is 0.998. The van der Waals surface area contributed by atoms with E-state index in [1.165, 1.54) is 11.8 Å². The minimum atomic E-state index is -0.216. The van der Waals surface area contributed by atoms with Crippen LogP contribution >= 0.6 is 11.8 Å². The summed E-state index contributed by atoms with van der Waals surface area (Å²) in [5, 5.41) is 5.81. The van der Waals surface area contributed by atoms with Crippen LogP contribution < -0.4 is 20.1 Å². The van der Waals surface area contributed by atoms with Gasteiger partial charge in [-0.3, -0.25) is 9.59 Å². The largest absolute Gasteiger partial charge is 0.454 e. The molecule has 0 saturated heterocycles. The Hall–Kier alpha value is -3.45. The molecule has 2 N–H and O–H groups in total. The van der Waals surface area contributed by atoms with Crippen LogP contribution in [0.3, 0.4) is 0 Å². The third-order valence-corrected chi connectivity index (χ3v) is 5.88. The van der Waals surface area contributed by atoms with Gasteiger partial charge in [0, 0.05) is 21.9 Å². The maximum atomic E-state index is 12.6. The van der Waals surface area contributed by atoms with E-state index in [9.17, 15) is 9.59 Å². The van der Waals surface area contributed by atoms with E-state index in [2.05, 4.69) is 10.6 Å². The molecule has 0 spiro atoms. The van der Waals surface area contributed by atoms with Crippen molar-refractivity contribution in [2.75, 3.05) is 12.1 Å². The van der Waals surface area contributed by atoms with Gasteiger partial charge in [0.1, 0.15) is 0 Å². The molecule has 0 bridgehead atoms. The Kier molecular flexibility index (Phi) is 4.37. The third-order valence-electron chi connectivity index (χ3n) is 4.73. The standard InChI is InChI=1S/C22H16N2O4S/c25-21(23-11-13-5-7-17-18(9-13)28-12-27-17)14-6-8-20-16(10-14)24-22(26)15-3-1-2-4-19(15)29-20/h1-10H,11-12H2,(H,23,25)(H,24,26). The highest BCUT2D eigenvalue weighted by Crippen LogP contribution is 2.39. The first-order valence-electron chi connectivity index (χ1n) is 9.06. The molecule has 0 aromatic heterocycles. The van der Waals surface area contributed by atoms with E-state index in [-0.39, 0.29) is 18.6 Å². The van der Waals surface area contributed by atoms with Crippen LogP contribution in [0.25, 0.3) is 0 Å². The van der Waals surface area contributed by atoms with Crippen molar-refractivity contribution in [2.45, 2.75) is 16.3 Å². The number of carbonyl (C=O) groups is 2. The summed E-state index contributed by atoms with van der Waals surface area (Å²) >= 11 is 1.51. The molecule has 2 aliphatic heterocycles. The van der Waals surface area contributed by atoms with Crippen LogP contribution in [0.15, 0.2) is 70.5 Å². The Morgan fingerprint density at radius 3 is 2.79 bits per heavy atom. The van der Waals surface area contributed by atoms with Gasteiger partial charge in [0.15, 0.2) is 11.5 Å². The fourth-order valence-corrected chi connectivity index (χ4v) is 4.25. The zero-order valence-corrected chi connectivity index (χ0v) is 16.0. The lowest BCUT2D eigenvalue weighted by Crippen LogP contribution is -2.23. The highest BCUT2D eigenvalue weighted by Gasteiger charge is 2.21. The monoisotopic (exact) mass is 404 g/mol. The number of hydrogen-bond acceptors (Lipinski definition) is 5.